The summed E-state index contributed by atoms with van der Waals surface area (Å²) in [5, 5.41) is 20.2. The van der Waals surface area contributed by atoms with Crippen LogP contribution in [0.4, 0.5) is 0 Å². The molecule has 0 saturated heterocycles. The van der Waals surface area contributed by atoms with E-state index in [1.807, 2.05) is 6.92 Å². The summed E-state index contributed by atoms with van der Waals surface area (Å²) in [5.41, 5.74) is 0.393. The van der Waals surface area contributed by atoms with Gasteiger partial charge in [-0.1, -0.05) is 19.4 Å². The summed E-state index contributed by atoms with van der Waals surface area (Å²) in [6, 6.07) is -0.906. The highest BCUT2D eigenvalue weighted by atomic mass is 32.2. The van der Waals surface area contributed by atoms with Crippen molar-refractivity contribution in [2.24, 2.45) is 0 Å². The average Bonchev–Trinajstić information content (AvgIpc) is 2.34. The van der Waals surface area contributed by atoms with E-state index in [4.69, 9.17) is 10.2 Å². The van der Waals surface area contributed by atoms with Crippen LogP contribution < -0.4 is 5.32 Å². The van der Waals surface area contributed by atoms with E-state index in [0.717, 1.165) is 6.42 Å². The van der Waals surface area contributed by atoms with Crippen LogP contribution in [0.3, 0.4) is 0 Å². The molecular formula is C13H21NO5S. The Kier molecular flexibility index (Phi) is 9.53. The number of rotatable bonds is 10. The maximum atomic E-state index is 10.9. The Labute approximate surface area is 122 Å². The van der Waals surface area contributed by atoms with Crippen LogP contribution in [-0.4, -0.2) is 45.6 Å². The highest BCUT2D eigenvalue weighted by molar-refractivity contribution is 7.99. The molecule has 0 saturated carbocycles. The minimum atomic E-state index is -1.07. The van der Waals surface area contributed by atoms with Crippen LogP contribution in [-0.2, 0) is 14.4 Å². The molecule has 0 radical (unpaired) electrons. The van der Waals surface area contributed by atoms with Gasteiger partial charge < -0.3 is 15.5 Å². The van der Waals surface area contributed by atoms with Gasteiger partial charge in [-0.25, -0.2) is 9.59 Å². The first kappa shape index (κ1) is 18.5. The van der Waals surface area contributed by atoms with Gasteiger partial charge in [0.25, 0.3) is 0 Å². The summed E-state index contributed by atoms with van der Waals surface area (Å²) in [4.78, 5) is 32.6. The number of carboxylic acids is 2. The maximum absolute atomic E-state index is 10.9. The number of carbonyl (C=O) groups is 3. The van der Waals surface area contributed by atoms with Gasteiger partial charge in [-0.3, -0.25) is 4.79 Å². The van der Waals surface area contributed by atoms with E-state index >= 15 is 0 Å². The summed E-state index contributed by atoms with van der Waals surface area (Å²) in [6.45, 7) is 3.18. The molecule has 20 heavy (non-hydrogen) atoms. The van der Waals surface area contributed by atoms with Crippen LogP contribution in [0.1, 0.15) is 33.1 Å². The van der Waals surface area contributed by atoms with Crippen LogP contribution >= 0.6 is 11.8 Å². The van der Waals surface area contributed by atoms with Gasteiger partial charge in [0.2, 0.25) is 5.91 Å². The number of aliphatic carboxylic acids is 2. The minimum Gasteiger partial charge on any atom is -0.480 e. The zero-order valence-electron chi connectivity index (χ0n) is 11.7. The average molecular weight is 303 g/mol. The Bertz CT molecular complexity index is 381. The van der Waals surface area contributed by atoms with Gasteiger partial charge in [-0.2, -0.15) is 11.8 Å². The third kappa shape index (κ3) is 8.58. The molecule has 0 aliphatic rings. The Morgan fingerprint density at radius 3 is 2.40 bits per heavy atom. The molecule has 1 amide bonds. The number of carboxylic acid groups (broad SMARTS) is 2. The van der Waals surface area contributed by atoms with Gasteiger partial charge in [0.15, 0.2) is 0 Å². The Morgan fingerprint density at radius 1 is 1.30 bits per heavy atom. The molecule has 0 spiro atoms. The molecule has 6 nitrogen and oxygen atoms in total. The number of carbonyl (C=O) groups excluding carboxylic acids is 1. The van der Waals surface area contributed by atoms with Gasteiger partial charge in [0.1, 0.15) is 6.04 Å². The Balaban J connectivity index is 4.10. The molecule has 0 aromatic carbocycles. The van der Waals surface area contributed by atoms with E-state index in [0.29, 0.717) is 24.2 Å². The van der Waals surface area contributed by atoms with Crippen molar-refractivity contribution in [2.45, 2.75) is 39.2 Å². The van der Waals surface area contributed by atoms with E-state index in [9.17, 15) is 14.4 Å². The molecule has 3 N–H and O–H groups in total. The second kappa shape index (κ2) is 10.3. The lowest BCUT2D eigenvalue weighted by atomic mass is 10.1. The number of thioether (sulfide) groups is 1. The van der Waals surface area contributed by atoms with E-state index < -0.39 is 18.0 Å². The predicted molar refractivity (Wildman–Crippen MR) is 77.8 cm³/mol. The van der Waals surface area contributed by atoms with Gasteiger partial charge >= 0.3 is 11.9 Å². The molecule has 1 unspecified atom stereocenters. The molecular weight excluding hydrogens is 282 g/mol. The summed E-state index contributed by atoms with van der Waals surface area (Å²) in [7, 11) is 0. The Hall–Kier alpha value is -1.50. The third-order valence-corrected chi connectivity index (χ3v) is 3.50. The molecule has 114 valence electrons. The SMILES string of the molecule is CCC/C(=C\CCSCC(NC(C)=O)C(=O)O)C(=O)O. The zero-order chi connectivity index (χ0) is 15.5. The quantitative estimate of drug-likeness (QED) is 0.417. The van der Waals surface area contributed by atoms with Crippen molar-refractivity contribution >= 4 is 29.6 Å². The van der Waals surface area contributed by atoms with E-state index in [1.165, 1.54) is 18.7 Å². The molecule has 1 atom stereocenters. The summed E-state index contributed by atoms with van der Waals surface area (Å²) in [5.74, 6) is -1.48. The van der Waals surface area contributed by atoms with E-state index in [2.05, 4.69) is 5.32 Å². The summed E-state index contributed by atoms with van der Waals surface area (Å²) >= 11 is 1.37. The Morgan fingerprint density at radius 2 is 1.95 bits per heavy atom. The van der Waals surface area contributed by atoms with Crippen molar-refractivity contribution in [1.82, 2.24) is 5.32 Å². The number of allylic oxidation sites excluding steroid dienone is 1. The maximum Gasteiger partial charge on any atom is 0.331 e. The first-order chi connectivity index (χ1) is 9.38. The van der Waals surface area contributed by atoms with Gasteiger partial charge in [0.05, 0.1) is 0 Å². The summed E-state index contributed by atoms with van der Waals surface area (Å²) < 4.78 is 0. The molecule has 0 heterocycles. The first-order valence-corrected chi connectivity index (χ1v) is 7.53. The van der Waals surface area contributed by atoms with Crippen LogP contribution in [0.25, 0.3) is 0 Å². The fraction of sp³-hybridized carbons (Fsp3) is 0.615. The zero-order valence-corrected chi connectivity index (χ0v) is 12.5. The van der Waals surface area contributed by atoms with Crippen LogP contribution in [0.5, 0.6) is 0 Å². The number of hydrogen-bond acceptors (Lipinski definition) is 4. The molecule has 0 bridgehead atoms. The first-order valence-electron chi connectivity index (χ1n) is 6.38. The second-order valence-electron chi connectivity index (χ2n) is 4.24. The number of amides is 1. The summed E-state index contributed by atoms with van der Waals surface area (Å²) in [6.07, 6.45) is 3.55. The molecule has 0 aromatic rings. The van der Waals surface area contributed by atoms with E-state index in [1.54, 1.807) is 6.08 Å². The van der Waals surface area contributed by atoms with Crippen LogP contribution in [0.15, 0.2) is 11.6 Å². The number of nitrogens with one attached hydrogen (secondary N) is 1. The monoisotopic (exact) mass is 303 g/mol. The van der Waals surface area contributed by atoms with Crippen molar-refractivity contribution in [2.75, 3.05) is 11.5 Å². The van der Waals surface area contributed by atoms with Crippen LogP contribution in [0.2, 0.25) is 0 Å². The predicted octanol–water partition coefficient (Wildman–Crippen LogP) is 1.51. The fourth-order valence-electron chi connectivity index (χ4n) is 1.50. The third-order valence-electron chi connectivity index (χ3n) is 2.41. The molecule has 0 aliphatic carbocycles. The standard InChI is InChI=1S/C13H21NO5S/c1-3-5-10(12(16)17)6-4-7-20-8-11(13(18)19)14-9(2)15/h6,11H,3-5,7-8H2,1-2H3,(H,14,15)(H,16,17)(H,18,19)/b10-6+. The van der Waals surface area contributed by atoms with Gasteiger partial charge in [-0.05, 0) is 18.6 Å². The lowest BCUT2D eigenvalue weighted by Crippen LogP contribution is -2.41. The molecule has 0 aliphatic heterocycles. The highest BCUT2D eigenvalue weighted by Crippen LogP contribution is 2.10. The second-order valence-corrected chi connectivity index (χ2v) is 5.39. The molecule has 0 aromatic heterocycles. The van der Waals surface area contributed by atoms with Crippen LogP contribution in [0, 0.1) is 0 Å². The lowest BCUT2D eigenvalue weighted by Gasteiger charge is -2.12. The largest absolute Gasteiger partial charge is 0.480 e. The lowest BCUT2D eigenvalue weighted by molar-refractivity contribution is -0.140. The van der Waals surface area contributed by atoms with Gasteiger partial charge in [-0.15, -0.1) is 0 Å². The highest BCUT2D eigenvalue weighted by Gasteiger charge is 2.17. The normalized spacial score (nSPS) is 12.8. The molecule has 0 fully saturated rings. The smallest absolute Gasteiger partial charge is 0.331 e. The van der Waals surface area contributed by atoms with Crippen molar-refractivity contribution in [3.05, 3.63) is 11.6 Å². The minimum absolute atomic E-state index is 0.263. The van der Waals surface area contributed by atoms with Gasteiger partial charge in [0, 0.05) is 18.2 Å². The van der Waals surface area contributed by atoms with E-state index in [-0.39, 0.29) is 11.7 Å². The molecule has 0 rings (SSSR count). The number of hydrogen-bond donors (Lipinski definition) is 3. The topological polar surface area (TPSA) is 104 Å². The van der Waals surface area contributed by atoms with Crippen molar-refractivity contribution in [3.8, 4) is 0 Å². The molecule has 7 heteroatoms. The van der Waals surface area contributed by atoms with Crippen molar-refractivity contribution < 1.29 is 24.6 Å². The van der Waals surface area contributed by atoms with Crippen molar-refractivity contribution in [1.29, 1.82) is 0 Å². The fourth-order valence-corrected chi connectivity index (χ4v) is 2.42. The van der Waals surface area contributed by atoms with Crippen molar-refractivity contribution in [3.63, 3.8) is 0 Å².